The molecule has 0 aromatic heterocycles. The Kier molecular flexibility index (Phi) is 3.22. The van der Waals surface area contributed by atoms with Crippen molar-refractivity contribution in [1.82, 2.24) is 0 Å². The van der Waals surface area contributed by atoms with Gasteiger partial charge in [0.25, 0.3) is 0 Å². The van der Waals surface area contributed by atoms with Crippen molar-refractivity contribution in [3.05, 3.63) is 27.4 Å². The minimum atomic E-state index is -0.353. The van der Waals surface area contributed by atoms with Crippen molar-refractivity contribution in [3.63, 3.8) is 0 Å². The van der Waals surface area contributed by atoms with E-state index in [9.17, 15) is 4.39 Å². The molecule has 1 aromatic rings. The quantitative estimate of drug-likeness (QED) is 0.541. The average Bonchev–Trinajstić information content (AvgIpc) is 2.01. The number of halogens is 3. The van der Waals surface area contributed by atoms with Gasteiger partial charge in [0, 0.05) is 9.37 Å². The lowest BCUT2D eigenvalue weighted by atomic mass is 10.3. The molecule has 0 bridgehead atoms. The summed E-state index contributed by atoms with van der Waals surface area (Å²) in [6.07, 6.45) is 1.81. The van der Waals surface area contributed by atoms with Crippen molar-refractivity contribution in [2.45, 2.75) is 4.90 Å². The fourth-order valence-electron chi connectivity index (χ4n) is 0.666. The zero-order chi connectivity index (χ0) is 8.43. The lowest BCUT2D eigenvalue weighted by molar-refractivity contribution is 0.602. The van der Waals surface area contributed by atoms with E-state index in [0.29, 0.717) is 9.37 Å². The molecule has 1 aromatic carbocycles. The monoisotopic (exact) mass is 254 g/mol. The van der Waals surface area contributed by atoms with Gasteiger partial charge in [0.1, 0.15) is 0 Å². The molecule has 0 unspecified atom stereocenters. The molecule has 0 nitrogen and oxygen atoms in total. The van der Waals surface area contributed by atoms with Gasteiger partial charge in [0.2, 0.25) is 0 Å². The summed E-state index contributed by atoms with van der Waals surface area (Å²) in [6.45, 7) is 0. The highest BCUT2D eigenvalue weighted by Gasteiger charge is 2.08. The third-order valence-corrected chi connectivity index (χ3v) is 3.23. The van der Waals surface area contributed by atoms with Crippen LogP contribution in [0.25, 0.3) is 0 Å². The summed E-state index contributed by atoms with van der Waals surface area (Å²) in [5, 5.41) is 0.150. The molecular formula is C7H5BrClFS. The second-order valence-electron chi connectivity index (χ2n) is 1.88. The second kappa shape index (κ2) is 3.78. The molecule has 1 rings (SSSR count). The first-order valence-corrected chi connectivity index (χ1v) is 5.24. The Labute approximate surface area is 82.3 Å². The molecule has 0 N–H and O–H groups in total. The summed E-state index contributed by atoms with van der Waals surface area (Å²) in [6, 6.07) is 3.42. The molecule has 0 radical (unpaired) electrons. The molecule has 0 aliphatic carbocycles. The van der Waals surface area contributed by atoms with Crippen molar-refractivity contribution in [2.75, 3.05) is 6.26 Å². The van der Waals surface area contributed by atoms with E-state index in [4.69, 9.17) is 11.6 Å². The highest BCUT2D eigenvalue weighted by Crippen LogP contribution is 2.31. The maximum absolute atomic E-state index is 13.1. The molecule has 0 saturated carbocycles. The molecule has 0 spiro atoms. The Bertz CT molecular complexity index is 277. The van der Waals surface area contributed by atoms with E-state index in [-0.39, 0.29) is 10.8 Å². The van der Waals surface area contributed by atoms with Gasteiger partial charge in [-0.1, -0.05) is 11.6 Å². The summed E-state index contributed by atoms with van der Waals surface area (Å²) >= 11 is 10.1. The highest BCUT2D eigenvalue weighted by atomic mass is 79.9. The zero-order valence-electron chi connectivity index (χ0n) is 5.70. The van der Waals surface area contributed by atoms with Gasteiger partial charge in [-0.25, -0.2) is 4.39 Å². The Balaban J connectivity index is 3.25. The topological polar surface area (TPSA) is 0 Å². The standard InChI is InChI=1S/C7H5BrClFS/c1-11-5-3-2-4(8)6(9)7(5)10/h2-3H,1H3. The number of hydrogen-bond donors (Lipinski definition) is 0. The predicted molar refractivity (Wildman–Crippen MR) is 50.9 cm³/mol. The Morgan fingerprint density at radius 2 is 2.18 bits per heavy atom. The Morgan fingerprint density at radius 1 is 1.55 bits per heavy atom. The van der Waals surface area contributed by atoms with Crippen LogP contribution >= 0.6 is 39.3 Å². The van der Waals surface area contributed by atoms with E-state index in [2.05, 4.69) is 15.9 Å². The van der Waals surface area contributed by atoms with Gasteiger partial charge in [-0.05, 0) is 34.3 Å². The fraction of sp³-hybridized carbons (Fsp3) is 0.143. The van der Waals surface area contributed by atoms with Crippen LogP contribution in [0.2, 0.25) is 5.02 Å². The van der Waals surface area contributed by atoms with Crippen LogP contribution in [0.15, 0.2) is 21.5 Å². The van der Waals surface area contributed by atoms with Crippen molar-refractivity contribution >= 4 is 39.3 Å². The molecule has 0 saturated heterocycles. The first-order valence-electron chi connectivity index (χ1n) is 2.84. The maximum Gasteiger partial charge on any atom is 0.156 e. The summed E-state index contributed by atoms with van der Waals surface area (Å²) in [5.74, 6) is -0.353. The van der Waals surface area contributed by atoms with E-state index in [1.165, 1.54) is 11.8 Å². The van der Waals surface area contributed by atoms with E-state index in [1.54, 1.807) is 12.1 Å². The highest BCUT2D eigenvalue weighted by molar-refractivity contribution is 9.10. The molecule has 4 heteroatoms. The van der Waals surface area contributed by atoms with Crippen LogP contribution in [-0.2, 0) is 0 Å². The molecule has 0 amide bonds. The lowest BCUT2D eigenvalue weighted by Gasteiger charge is -2.01. The molecule has 0 fully saturated rings. The minimum absolute atomic E-state index is 0.150. The largest absolute Gasteiger partial charge is 0.204 e. The molecule has 0 atom stereocenters. The lowest BCUT2D eigenvalue weighted by Crippen LogP contribution is -1.82. The summed E-state index contributed by atoms with van der Waals surface area (Å²) in [7, 11) is 0. The number of hydrogen-bond acceptors (Lipinski definition) is 1. The van der Waals surface area contributed by atoms with Crippen molar-refractivity contribution in [2.24, 2.45) is 0 Å². The molecular weight excluding hydrogens is 250 g/mol. The van der Waals surface area contributed by atoms with Gasteiger partial charge in [-0.15, -0.1) is 11.8 Å². The van der Waals surface area contributed by atoms with Gasteiger partial charge in [-0.2, -0.15) is 0 Å². The van der Waals surface area contributed by atoms with Crippen molar-refractivity contribution in [3.8, 4) is 0 Å². The molecule has 0 aliphatic rings. The maximum atomic E-state index is 13.1. The van der Waals surface area contributed by atoms with Gasteiger partial charge in [-0.3, -0.25) is 0 Å². The normalized spacial score (nSPS) is 10.2. The Hall–Kier alpha value is 0.270. The number of rotatable bonds is 1. The van der Waals surface area contributed by atoms with Crippen molar-refractivity contribution < 1.29 is 4.39 Å². The fourth-order valence-corrected chi connectivity index (χ4v) is 1.68. The van der Waals surface area contributed by atoms with E-state index >= 15 is 0 Å². The van der Waals surface area contributed by atoms with Gasteiger partial charge in [0.15, 0.2) is 5.82 Å². The smallest absolute Gasteiger partial charge is 0.156 e. The van der Waals surface area contributed by atoms with Crippen LogP contribution in [-0.4, -0.2) is 6.26 Å². The third-order valence-electron chi connectivity index (χ3n) is 1.22. The van der Waals surface area contributed by atoms with E-state index in [1.807, 2.05) is 6.26 Å². The second-order valence-corrected chi connectivity index (χ2v) is 3.96. The Morgan fingerprint density at radius 3 is 2.73 bits per heavy atom. The van der Waals surface area contributed by atoms with Crippen LogP contribution in [0.4, 0.5) is 4.39 Å². The van der Waals surface area contributed by atoms with Crippen LogP contribution < -0.4 is 0 Å². The summed E-state index contributed by atoms with van der Waals surface area (Å²) in [5.41, 5.74) is 0. The first-order chi connectivity index (χ1) is 5.16. The zero-order valence-corrected chi connectivity index (χ0v) is 8.86. The summed E-state index contributed by atoms with van der Waals surface area (Å²) < 4.78 is 13.7. The molecule has 60 valence electrons. The average molecular weight is 256 g/mol. The van der Waals surface area contributed by atoms with Gasteiger partial charge < -0.3 is 0 Å². The van der Waals surface area contributed by atoms with Crippen LogP contribution in [0.3, 0.4) is 0 Å². The van der Waals surface area contributed by atoms with Gasteiger partial charge in [0.05, 0.1) is 5.02 Å². The van der Waals surface area contributed by atoms with Crippen molar-refractivity contribution in [1.29, 1.82) is 0 Å². The first kappa shape index (κ1) is 9.36. The molecule has 0 heterocycles. The van der Waals surface area contributed by atoms with Crippen LogP contribution in [0.5, 0.6) is 0 Å². The molecule has 0 aliphatic heterocycles. The van der Waals surface area contributed by atoms with Gasteiger partial charge >= 0.3 is 0 Å². The van der Waals surface area contributed by atoms with E-state index < -0.39 is 0 Å². The van der Waals surface area contributed by atoms with Crippen LogP contribution in [0.1, 0.15) is 0 Å². The van der Waals surface area contributed by atoms with E-state index in [0.717, 1.165) is 0 Å². The number of thioether (sulfide) groups is 1. The SMILES string of the molecule is CSc1ccc(Br)c(Cl)c1F. The summed E-state index contributed by atoms with van der Waals surface area (Å²) in [4.78, 5) is 0.568. The van der Waals surface area contributed by atoms with Crippen LogP contribution in [0, 0.1) is 5.82 Å². The minimum Gasteiger partial charge on any atom is -0.204 e. The third kappa shape index (κ3) is 1.89. The molecule has 11 heavy (non-hydrogen) atoms. The predicted octanol–water partition coefficient (Wildman–Crippen LogP) is 3.96. The number of benzene rings is 1.